The fraction of sp³-hybridized carbons (Fsp3) is 0.700. The van der Waals surface area contributed by atoms with Crippen LogP contribution < -0.4 is 5.32 Å². The molecule has 3 nitrogen and oxygen atoms in total. The van der Waals surface area contributed by atoms with Gasteiger partial charge in [-0.1, -0.05) is 6.08 Å². The molecule has 0 amide bonds. The van der Waals surface area contributed by atoms with Crippen molar-refractivity contribution in [2.75, 3.05) is 13.1 Å². The van der Waals surface area contributed by atoms with Gasteiger partial charge in [0.25, 0.3) is 0 Å². The van der Waals surface area contributed by atoms with Crippen LogP contribution >= 0.6 is 0 Å². The van der Waals surface area contributed by atoms with Gasteiger partial charge in [0.2, 0.25) is 0 Å². The summed E-state index contributed by atoms with van der Waals surface area (Å²) in [6.45, 7) is 3.80. The third-order valence-corrected chi connectivity index (χ3v) is 2.55. The molecule has 1 saturated heterocycles. The van der Waals surface area contributed by atoms with E-state index in [0.29, 0.717) is 11.5 Å². The second-order valence-electron chi connectivity index (χ2n) is 3.62. The first kappa shape index (κ1) is 10.3. The van der Waals surface area contributed by atoms with Gasteiger partial charge in [-0.3, -0.25) is 0 Å². The van der Waals surface area contributed by atoms with Gasteiger partial charge >= 0.3 is 5.97 Å². The molecule has 0 spiro atoms. The number of aliphatic carboxylic acids is 1. The second kappa shape index (κ2) is 5.02. The molecular formula is C10H17NO2. The average molecular weight is 183 g/mol. The van der Waals surface area contributed by atoms with E-state index in [1.54, 1.807) is 6.92 Å². The highest BCUT2D eigenvalue weighted by Gasteiger charge is 2.11. The van der Waals surface area contributed by atoms with Crippen LogP contribution in [0.5, 0.6) is 0 Å². The Balaban J connectivity index is 2.31. The molecule has 1 heterocycles. The van der Waals surface area contributed by atoms with Crippen LogP contribution in [0.1, 0.15) is 26.2 Å². The van der Waals surface area contributed by atoms with Crippen LogP contribution in [-0.4, -0.2) is 24.2 Å². The molecule has 2 N–H and O–H groups in total. The molecule has 1 aliphatic rings. The number of carbonyl (C=O) groups is 1. The summed E-state index contributed by atoms with van der Waals surface area (Å²) in [6.07, 6.45) is 5.10. The highest BCUT2D eigenvalue weighted by molar-refractivity contribution is 5.85. The number of rotatable bonds is 3. The smallest absolute Gasteiger partial charge is 0.330 e. The Morgan fingerprint density at radius 2 is 2.15 bits per heavy atom. The Morgan fingerprint density at radius 1 is 1.54 bits per heavy atom. The van der Waals surface area contributed by atoms with Crippen molar-refractivity contribution in [2.24, 2.45) is 5.92 Å². The van der Waals surface area contributed by atoms with E-state index in [9.17, 15) is 4.79 Å². The lowest BCUT2D eigenvalue weighted by molar-refractivity contribution is -0.132. The third kappa shape index (κ3) is 3.59. The molecule has 1 aliphatic heterocycles. The highest BCUT2D eigenvalue weighted by atomic mass is 16.4. The van der Waals surface area contributed by atoms with Gasteiger partial charge in [-0.25, -0.2) is 4.79 Å². The lowest BCUT2D eigenvalue weighted by atomic mass is 9.94. The maximum absolute atomic E-state index is 10.5. The minimum absolute atomic E-state index is 0.471. The van der Waals surface area contributed by atoms with Gasteiger partial charge in [-0.2, -0.15) is 0 Å². The van der Waals surface area contributed by atoms with E-state index in [1.165, 1.54) is 12.8 Å². The summed E-state index contributed by atoms with van der Waals surface area (Å²) < 4.78 is 0. The van der Waals surface area contributed by atoms with Crippen LogP contribution in [0.3, 0.4) is 0 Å². The SMILES string of the molecule is CC(=CCC1CCNCC1)C(=O)O. The molecule has 74 valence electrons. The lowest BCUT2D eigenvalue weighted by Gasteiger charge is -2.21. The largest absolute Gasteiger partial charge is 0.478 e. The fourth-order valence-corrected chi connectivity index (χ4v) is 1.55. The van der Waals surface area contributed by atoms with Gasteiger partial charge in [-0.05, 0) is 45.2 Å². The normalized spacial score (nSPS) is 20.2. The molecule has 0 aromatic rings. The van der Waals surface area contributed by atoms with E-state index in [4.69, 9.17) is 5.11 Å². The molecular weight excluding hydrogens is 166 g/mol. The van der Waals surface area contributed by atoms with Gasteiger partial charge in [0.15, 0.2) is 0 Å². The standard InChI is InChI=1S/C10H17NO2/c1-8(10(12)13)2-3-9-4-6-11-7-5-9/h2,9,11H,3-7H2,1H3,(H,12,13). The number of hydrogen-bond acceptors (Lipinski definition) is 2. The quantitative estimate of drug-likeness (QED) is 0.650. The van der Waals surface area contributed by atoms with Crippen molar-refractivity contribution in [3.63, 3.8) is 0 Å². The Labute approximate surface area is 78.8 Å². The zero-order valence-corrected chi connectivity index (χ0v) is 8.05. The minimum atomic E-state index is -0.797. The Hall–Kier alpha value is -0.830. The molecule has 0 bridgehead atoms. The van der Waals surface area contributed by atoms with E-state index in [2.05, 4.69) is 5.32 Å². The van der Waals surface area contributed by atoms with E-state index in [0.717, 1.165) is 19.5 Å². The molecule has 13 heavy (non-hydrogen) atoms. The molecule has 0 aromatic carbocycles. The lowest BCUT2D eigenvalue weighted by Crippen LogP contribution is -2.27. The Bertz CT molecular complexity index is 205. The van der Waals surface area contributed by atoms with Crippen molar-refractivity contribution in [1.82, 2.24) is 5.32 Å². The number of piperidine rings is 1. The average Bonchev–Trinajstić information content (AvgIpc) is 2.15. The summed E-state index contributed by atoms with van der Waals surface area (Å²) >= 11 is 0. The van der Waals surface area contributed by atoms with E-state index in [-0.39, 0.29) is 0 Å². The second-order valence-corrected chi connectivity index (χ2v) is 3.62. The predicted molar refractivity (Wildman–Crippen MR) is 51.6 cm³/mol. The van der Waals surface area contributed by atoms with E-state index < -0.39 is 5.97 Å². The van der Waals surface area contributed by atoms with Gasteiger partial charge in [0, 0.05) is 5.57 Å². The minimum Gasteiger partial charge on any atom is -0.478 e. The van der Waals surface area contributed by atoms with Crippen LogP contribution in [0.15, 0.2) is 11.6 Å². The van der Waals surface area contributed by atoms with E-state index in [1.807, 2.05) is 6.08 Å². The molecule has 1 rings (SSSR count). The summed E-state index contributed by atoms with van der Waals surface area (Å²) in [6, 6.07) is 0. The molecule has 0 unspecified atom stereocenters. The summed E-state index contributed by atoms with van der Waals surface area (Å²) in [7, 11) is 0. The molecule has 0 saturated carbocycles. The molecule has 0 radical (unpaired) electrons. The maximum Gasteiger partial charge on any atom is 0.330 e. The van der Waals surface area contributed by atoms with Crippen LogP contribution in [0, 0.1) is 5.92 Å². The van der Waals surface area contributed by atoms with Crippen LogP contribution in [0.2, 0.25) is 0 Å². The van der Waals surface area contributed by atoms with Gasteiger partial charge < -0.3 is 10.4 Å². The van der Waals surface area contributed by atoms with Crippen molar-refractivity contribution in [3.8, 4) is 0 Å². The summed E-state index contributed by atoms with van der Waals surface area (Å²) in [5.41, 5.74) is 0.471. The fourth-order valence-electron chi connectivity index (χ4n) is 1.55. The molecule has 0 atom stereocenters. The van der Waals surface area contributed by atoms with Crippen molar-refractivity contribution in [1.29, 1.82) is 0 Å². The van der Waals surface area contributed by atoms with Crippen molar-refractivity contribution in [3.05, 3.63) is 11.6 Å². The Kier molecular flexibility index (Phi) is 3.96. The van der Waals surface area contributed by atoms with Gasteiger partial charge in [0.05, 0.1) is 0 Å². The number of carboxylic acids is 1. The molecule has 3 heteroatoms. The number of allylic oxidation sites excluding steroid dienone is 1. The molecule has 0 aromatic heterocycles. The zero-order valence-electron chi connectivity index (χ0n) is 8.05. The third-order valence-electron chi connectivity index (χ3n) is 2.55. The highest BCUT2D eigenvalue weighted by Crippen LogP contribution is 2.17. The first-order valence-electron chi connectivity index (χ1n) is 4.81. The van der Waals surface area contributed by atoms with E-state index >= 15 is 0 Å². The van der Waals surface area contributed by atoms with Crippen molar-refractivity contribution in [2.45, 2.75) is 26.2 Å². The molecule has 0 aliphatic carbocycles. The topological polar surface area (TPSA) is 49.3 Å². The van der Waals surface area contributed by atoms with Crippen LogP contribution in [0.4, 0.5) is 0 Å². The summed E-state index contributed by atoms with van der Waals surface area (Å²) in [5.74, 6) is -0.121. The Morgan fingerprint density at radius 3 is 2.69 bits per heavy atom. The first-order chi connectivity index (χ1) is 6.20. The summed E-state index contributed by atoms with van der Waals surface area (Å²) in [5, 5.41) is 11.9. The number of hydrogen-bond donors (Lipinski definition) is 2. The summed E-state index contributed by atoms with van der Waals surface area (Å²) in [4.78, 5) is 10.5. The number of nitrogens with one attached hydrogen (secondary N) is 1. The first-order valence-corrected chi connectivity index (χ1v) is 4.81. The van der Waals surface area contributed by atoms with Crippen molar-refractivity contribution >= 4 is 5.97 Å². The van der Waals surface area contributed by atoms with Crippen molar-refractivity contribution < 1.29 is 9.90 Å². The van der Waals surface area contributed by atoms with Gasteiger partial charge in [-0.15, -0.1) is 0 Å². The van der Waals surface area contributed by atoms with Crippen LogP contribution in [-0.2, 0) is 4.79 Å². The van der Waals surface area contributed by atoms with Crippen LogP contribution in [0.25, 0.3) is 0 Å². The monoisotopic (exact) mass is 183 g/mol. The van der Waals surface area contributed by atoms with Gasteiger partial charge in [0.1, 0.15) is 0 Å². The number of carboxylic acid groups (broad SMARTS) is 1. The predicted octanol–water partition coefficient (Wildman–Crippen LogP) is 1.41. The maximum atomic E-state index is 10.5. The molecule has 1 fully saturated rings. The zero-order chi connectivity index (χ0) is 9.68.